The maximum Gasteiger partial charge on any atom is 0.337 e. The van der Waals surface area contributed by atoms with Gasteiger partial charge in [0.25, 0.3) is 5.69 Å². The number of nitrogens with zero attached hydrogens (tertiary/aromatic N) is 2. The number of benzene rings is 3. The number of allylic oxidation sites excluding steroid dienone is 2. The minimum atomic E-state index is -0.915. The number of hydrogen-bond donors (Lipinski definition) is 1. The summed E-state index contributed by atoms with van der Waals surface area (Å²) in [4.78, 5) is 40.5. The molecule has 1 aliphatic heterocycles. The fourth-order valence-electron chi connectivity index (χ4n) is 6.02. The molecule has 46 heavy (non-hydrogen) atoms. The van der Waals surface area contributed by atoms with Gasteiger partial charge in [0.2, 0.25) is 0 Å². The number of nitro benzene ring substituents is 1. The van der Waals surface area contributed by atoms with Crippen LogP contribution in [-0.2, 0) is 19.1 Å². The number of ether oxygens (including phenoxy) is 2. The molecule has 9 heteroatoms. The highest BCUT2D eigenvalue weighted by molar-refractivity contribution is 6.00. The van der Waals surface area contributed by atoms with Crippen LogP contribution in [0.5, 0.6) is 0 Å². The average molecular weight is 626 g/mol. The summed E-state index contributed by atoms with van der Waals surface area (Å²) in [7, 11) is 2.00. The summed E-state index contributed by atoms with van der Waals surface area (Å²) in [5, 5.41) is 14.8. The Kier molecular flexibility index (Phi) is 11.5. The predicted octanol–water partition coefficient (Wildman–Crippen LogP) is 6.87. The number of esters is 2. The molecule has 2 atom stereocenters. The van der Waals surface area contributed by atoms with Gasteiger partial charge in [0, 0.05) is 36.0 Å². The van der Waals surface area contributed by atoms with E-state index in [4.69, 9.17) is 9.47 Å². The van der Waals surface area contributed by atoms with Crippen LogP contribution in [0.15, 0.2) is 107 Å². The van der Waals surface area contributed by atoms with Crippen molar-refractivity contribution in [3.63, 3.8) is 0 Å². The first-order chi connectivity index (χ1) is 22.0. The van der Waals surface area contributed by atoms with Crippen molar-refractivity contribution < 1.29 is 24.0 Å². The third-order valence-corrected chi connectivity index (χ3v) is 8.04. The molecule has 0 amide bonds. The number of carbonyl (C=O) groups excluding carboxylic acids is 2. The van der Waals surface area contributed by atoms with Crippen LogP contribution in [0.2, 0.25) is 0 Å². The number of nitrogens with one attached hydrogen (secondary N) is 1. The van der Waals surface area contributed by atoms with Crippen molar-refractivity contribution in [2.75, 3.05) is 20.1 Å². The smallest absolute Gasteiger partial charge is 0.337 e. The van der Waals surface area contributed by atoms with Crippen LogP contribution in [0, 0.1) is 10.1 Å². The molecule has 0 saturated carbocycles. The van der Waals surface area contributed by atoms with Gasteiger partial charge in [-0.15, -0.1) is 0 Å². The van der Waals surface area contributed by atoms with Crippen molar-refractivity contribution in [3.8, 4) is 0 Å². The normalized spacial score (nSPS) is 15.6. The lowest BCUT2D eigenvalue weighted by atomic mass is 9.80. The molecule has 4 rings (SSSR count). The van der Waals surface area contributed by atoms with Crippen LogP contribution in [0.1, 0.15) is 69.6 Å². The highest BCUT2D eigenvalue weighted by Gasteiger charge is 2.39. The number of dihydropyridines is 1. The molecule has 1 N–H and O–H groups in total. The van der Waals surface area contributed by atoms with Crippen LogP contribution in [-0.4, -0.2) is 54.1 Å². The molecule has 1 aliphatic rings. The standard InChI is InChI=1S/C37H43N3O6/c1-24(2)45-36(41)33-26(4)38-27(5)34(35(33)30-18-13-19-31(22-30)40(43)44)37(42)46-25(3)23-39(6)21-20-32(28-14-9-7-10-15-28)29-16-11-8-12-17-29/h7-19,22,24-25,32,35,38H,20-21,23H2,1-6H3. The number of likely N-dealkylation sites (N-methyl/N-ethyl adjacent to an activating group) is 1. The van der Waals surface area contributed by atoms with E-state index in [1.54, 1.807) is 39.8 Å². The Morgan fingerprint density at radius 2 is 1.39 bits per heavy atom. The van der Waals surface area contributed by atoms with Gasteiger partial charge in [-0.1, -0.05) is 72.8 Å². The molecule has 242 valence electrons. The number of rotatable bonds is 13. The van der Waals surface area contributed by atoms with E-state index in [9.17, 15) is 19.7 Å². The fraction of sp³-hybridized carbons (Fsp3) is 0.351. The second-order valence-corrected chi connectivity index (χ2v) is 12.1. The van der Waals surface area contributed by atoms with Gasteiger partial charge in [0.05, 0.1) is 28.1 Å². The summed E-state index contributed by atoms with van der Waals surface area (Å²) in [5.74, 6) is -1.90. The molecule has 0 saturated heterocycles. The van der Waals surface area contributed by atoms with Crippen molar-refractivity contribution >= 4 is 17.6 Å². The Hall–Kier alpha value is -4.76. The molecule has 0 fully saturated rings. The molecule has 0 radical (unpaired) electrons. The Balaban J connectivity index is 1.52. The highest BCUT2D eigenvalue weighted by atomic mass is 16.6. The summed E-state index contributed by atoms with van der Waals surface area (Å²) >= 11 is 0. The summed E-state index contributed by atoms with van der Waals surface area (Å²) < 4.78 is 11.5. The zero-order valence-corrected chi connectivity index (χ0v) is 27.4. The summed E-state index contributed by atoms with van der Waals surface area (Å²) in [6, 6.07) is 26.8. The van der Waals surface area contributed by atoms with E-state index in [0.717, 1.165) is 13.0 Å². The van der Waals surface area contributed by atoms with Gasteiger partial charge in [0.1, 0.15) is 6.10 Å². The lowest BCUT2D eigenvalue weighted by Gasteiger charge is -2.31. The van der Waals surface area contributed by atoms with Crippen LogP contribution in [0.4, 0.5) is 5.69 Å². The molecule has 0 spiro atoms. The third-order valence-electron chi connectivity index (χ3n) is 8.04. The van der Waals surface area contributed by atoms with Gasteiger partial charge < -0.3 is 19.7 Å². The zero-order valence-electron chi connectivity index (χ0n) is 27.4. The van der Waals surface area contributed by atoms with Gasteiger partial charge in [0.15, 0.2) is 0 Å². The number of nitro groups is 1. The number of hydrogen-bond acceptors (Lipinski definition) is 8. The Labute approximate surface area is 271 Å². The minimum absolute atomic E-state index is 0.144. The van der Waals surface area contributed by atoms with Crippen LogP contribution in [0.3, 0.4) is 0 Å². The Bertz CT molecular complexity index is 1560. The van der Waals surface area contributed by atoms with Crippen molar-refractivity contribution in [1.29, 1.82) is 0 Å². The van der Waals surface area contributed by atoms with E-state index in [1.807, 2.05) is 26.1 Å². The molecule has 1 heterocycles. The Morgan fingerprint density at radius 3 is 1.91 bits per heavy atom. The molecule has 3 aromatic rings. The lowest BCUT2D eigenvalue weighted by Crippen LogP contribution is -2.36. The largest absolute Gasteiger partial charge is 0.460 e. The number of non-ortho nitro benzene ring substituents is 1. The van der Waals surface area contributed by atoms with E-state index < -0.39 is 35.0 Å². The van der Waals surface area contributed by atoms with E-state index in [0.29, 0.717) is 23.5 Å². The molecule has 0 aliphatic carbocycles. The average Bonchev–Trinajstić information content (AvgIpc) is 3.01. The van der Waals surface area contributed by atoms with Gasteiger partial charge in [-0.2, -0.15) is 0 Å². The van der Waals surface area contributed by atoms with Crippen molar-refractivity contribution in [1.82, 2.24) is 10.2 Å². The van der Waals surface area contributed by atoms with E-state index in [2.05, 4.69) is 58.7 Å². The molecular formula is C37H43N3O6. The van der Waals surface area contributed by atoms with Crippen LogP contribution < -0.4 is 5.32 Å². The zero-order chi connectivity index (χ0) is 33.4. The quantitative estimate of drug-likeness (QED) is 0.125. The molecular weight excluding hydrogens is 582 g/mol. The first-order valence-electron chi connectivity index (χ1n) is 15.6. The van der Waals surface area contributed by atoms with Gasteiger partial charge in [-0.25, -0.2) is 9.59 Å². The molecule has 2 unspecified atom stereocenters. The Morgan fingerprint density at radius 1 is 0.848 bits per heavy atom. The molecule has 0 bridgehead atoms. The first-order valence-corrected chi connectivity index (χ1v) is 15.6. The van der Waals surface area contributed by atoms with Crippen molar-refractivity contribution in [2.24, 2.45) is 0 Å². The second-order valence-electron chi connectivity index (χ2n) is 12.1. The topological polar surface area (TPSA) is 111 Å². The molecule has 0 aromatic heterocycles. The predicted molar refractivity (Wildman–Crippen MR) is 178 cm³/mol. The fourth-order valence-corrected chi connectivity index (χ4v) is 6.02. The molecule has 3 aromatic carbocycles. The van der Waals surface area contributed by atoms with Gasteiger partial charge in [-0.3, -0.25) is 10.1 Å². The minimum Gasteiger partial charge on any atom is -0.460 e. The van der Waals surface area contributed by atoms with E-state index in [-0.39, 0.29) is 22.8 Å². The van der Waals surface area contributed by atoms with Crippen LogP contribution in [0.25, 0.3) is 0 Å². The summed E-state index contributed by atoms with van der Waals surface area (Å²) in [6.45, 7) is 10.0. The maximum absolute atomic E-state index is 13.9. The van der Waals surface area contributed by atoms with E-state index >= 15 is 0 Å². The van der Waals surface area contributed by atoms with Crippen LogP contribution >= 0.6 is 0 Å². The number of carbonyl (C=O) groups is 2. The first kappa shape index (κ1) is 34.1. The van der Waals surface area contributed by atoms with E-state index in [1.165, 1.54) is 23.3 Å². The monoisotopic (exact) mass is 625 g/mol. The molecule has 9 nitrogen and oxygen atoms in total. The van der Waals surface area contributed by atoms with Crippen molar-refractivity contribution in [2.45, 2.75) is 65.1 Å². The summed E-state index contributed by atoms with van der Waals surface area (Å²) in [5.41, 5.74) is 4.22. The lowest BCUT2D eigenvalue weighted by molar-refractivity contribution is -0.384. The second kappa shape index (κ2) is 15.5. The highest BCUT2D eigenvalue weighted by Crippen LogP contribution is 2.40. The van der Waals surface area contributed by atoms with Crippen molar-refractivity contribution in [3.05, 3.63) is 134 Å². The maximum atomic E-state index is 13.9. The van der Waals surface area contributed by atoms with Gasteiger partial charge >= 0.3 is 11.9 Å². The SMILES string of the molecule is CC1=C(C(=O)OC(C)C)C(c2cccc([N+](=O)[O-])c2)C(C(=O)OC(C)CN(C)CCC(c2ccccc2)c2ccccc2)=C(C)N1. The third kappa shape index (κ3) is 8.48. The summed E-state index contributed by atoms with van der Waals surface area (Å²) in [6.07, 6.45) is -0.00645. The van der Waals surface area contributed by atoms with Gasteiger partial charge in [-0.05, 0) is 71.3 Å².